The summed E-state index contributed by atoms with van der Waals surface area (Å²) in [6.45, 7) is 16.2. The zero-order valence-electron chi connectivity index (χ0n) is 56.0. The molecule has 4 aromatic carbocycles. The molecule has 0 atom stereocenters. The second-order valence-corrected chi connectivity index (χ2v) is 26.3. The van der Waals surface area contributed by atoms with Crippen LogP contribution in [-0.2, 0) is 29.9 Å². The predicted octanol–water partition coefficient (Wildman–Crippen LogP) is 18.4. The molecule has 0 bridgehead atoms. The summed E-state index contributed by atoms with van der Waals surface area (Å²) < 4.78 is 14.5. The molecule has 504 valence electrons. The van der Waals surface area contributed by atoms with Gasteiger partial charge in [0.1, 0.15) is 42.1 Å². The molecule has 95 heavy (non-hydrogen) atoms. The molecule has 0 saturated heterocycles. The van der Waals surface area contributed by atoms with Crippen molar-refractivity contribution < 1.29 is 29.3 Å². The zero-order valence-corrected chi connectivity index (χ0v) is 57.5. The van der Waals surface area contributed by atoms with Crippen molar-refractivity contribution in [3.05, 3.63) is 141 Å². The van der Waals surface area contributed by atoms with E-state index in [4.69, 9.17) is 47.8 Å². The van der Waals surface area contributed by atoms with Gasteiger partial charge in [0.05, 0.1) is 39.8 Å². The van der Waals surface area contributed by atoms with Crippen LogP contribution in [0.1, 0.15) is 200 Å². The summed E-state index contributed by atoms with van der Waals surface area (Å²) in [4.78, 5) is 56.2. The number of halogens is 2. The van der Waals surface area contributed by atoms with Gasteiger partial charge in [0.15, 0.2) is 23.2 Å². The Labute approximate surface area is 566 Å². The predicted molar refractivity (Wildman–Crippen MR) is 376 cm³/mol. The van der Waals surface area contributed by atoms with E-state index in [-0.39, 0.29) is 42.3 Å². The lowest BCUT2D eigenvalue weighted by molar-refractivity contribution is -0.146. The monoisotopic (exact) mass is 1330 g/mol. The second kappa shape index (κ2) is 35.1. The number of aromatic nitrogens is 11. The molecule has 0 fully saturated rings. The third-order valence-electron chi connectivity index (χ3n) is 16.5. The van der Waals surface area contributed by atoms with Crippen molar-refractivity contribution in [1.29, 1.82) is 0 Å². The van der Waals surface area contributed by atoms with Crippen LogP contribution in [0.15, 0.2) is 119 Å². The third kappa shape index (κ3) is 19.9. The fourth-order valence-corrected chi connectivity index (χ4v) is 11.3. The number of hydrogen-bond acceptors (Lipinski definition) is 16. The van der Waals surface area contributed by atoms with Crippen molar-refractivity contribution in [3.8, 4) is 56.8 Å². The Hall–Kier alpha value is -8.82. The molecule has 1 aliphatic heterocycles. The number of nitrogens with one attached hydrogen (secondary N) is 3. The van der Waals surface area contributed by atoms with E-state index in [2.05, 4.69) is 59.5 Å². The van der Waals surface area contributed by atoms with Crippen LogP contribution in [0.25, 0.3) is 50.9 Å². The average Bonchev–Trinajstić information content (AvgIpc) is 1.62. The van der Waals surface area contributed by atoms with E-state index in [1.54, 1.807) is 52.6 Å². The number of esters is 2. The van der Waals surface area contributed by atoms with Crippen molar-refractivity contribution in [3.63, 3.8) is 0 Å². The summed E-state index contributed by atoms with van der Waals surface area (Å²) in [6, 6.07) is 29.2. The van der Waals surface area contributed by atoms with Crippen LogP contribution in [0, 0.1) is 11.8 Å². The van der Waals surface area contributed by atoms with Crippen molar-refractivity contribution >= 4 is 63.7 Å². The molecular formula is C72H90Cl2N14O7. The molecule has 0 radical (unpaired) electrons. The molecule has 0 amide bonds. The largest absolute Gasteiger partial charge is 0.507 e. The standard InChI is InChI=1S/C36H44ClN7O3.C21H35N5O3.C15H11ClN2O/c1-5-6-7-8-9-10-11-12-16-19-29(46)47-23-36(3,4)35-42-41-34-30(24(2)43-44(34)35)38-33-31(27-22-26(37)20-21-28(27)45)39-32(40-33)25-17-14-13-15-18-25;1-5-6-7-8-9-10-11-12-13-14-17(27)29-15-21(3,4)20-23-22-19-18(25-28)16(2)24-26(19)20;16-11-6-7-14(19)12(8-11)13-9-17-15(18-13)10-4-2-1-3-5-10/h13-15,17-18,20-22,45H,5-12,16,19,23H2,1-4H3,(H,39,40);24H,5-15H2,1-4H3;1-9,19H,(H,17,18). The first-order valence-electron chi connectivity index (χ1n) is 33.3. The minimum atomic E-state index is -0.650. The fourth-order valence-electron chi connectivity index (χ4n) is 11.0. The summed E-state index contributed by atoms with van der Waals surface area (Å²) in [7, 11) is 0. The molecule has 0 spiro atoms. The van der Waals surface area contributed by atoms with Crippen LogP contribution in [0.5, 0.6) is 11.5 Å². The molecule has 0 unspecified atom stereocenters. The smallest absolute Gasteiger partial charge is 0.305 e. The van der Waals surface area contributed by atoms with Crippen LogP contribution < -0.4 is 0 Å². The highest BCUT2D eigenvalue weighted by Gasteiger charge is 2.36. The normalized spacial score (nSPS) is 12.5. The molecule has 6 heterocycles. The number of carbonyl (C=O) groups is 2. The number of fused-ring (bicyclic) bond motifs is 2. The number of phenolic OH excluding ortho intramolecular Hbond substituents is 2. The number of carbonyl (C=O) groups excluding carboxylic acids is 2. The van der Waals surface area contributed by atoms with E-state index in [1.165, 1.54) is 89.5 Å². The number of aromatic hydroxyl groups is 2. The molecular weight excluding hydrogens is 1240 g/mol. The SMILES string of the molecule is CCCCCCCCCCCC(=O)OCC(C)(C)c1nnc2c(N=O)c(C)[nH]n12.CCCCCCCCCCCC(=O)OCC(C)(C)c1nnc2n1N=C(C)C2=Nc1nc(-c2ccccc2)[nH]c1-c1cc(Cl)ccc1O.Oc1ccc(Cl)cc1-c1cnc(-c2ccccc2)[nH]1. The summed E-state index contributed by atoms with van der Waals surface area (Å²) in [5.41, 5.74) is 5.39. The summed E-state index contributed by atoms with van der Waals surface area (Å²) in [6.07, 6.45) is 24.3. The van der Waals surface area contributed by atoms with Gasteiger partial charge in [0, 0.05) is 45.1 Å². The number of aryl methyl sites for hydroxylation is 1. The Bertz CT molecular complexity index is 4010. The molecule has 1 aliphatic rings. The number of phenols is 2. The van der Waals surface area contributed by atoms with E-state index in [9.17, 15) is 24.7 Å². The van der Waals surface area contributed by atoms with Gasteiger partial charge in [-0.2, -0.15) is 9.78 Å². The van der Waals surface area contributed by atoms with Gasteiger partial charge in [-0.15, -0.1) is 25.3 Å². The Kier molecular flexibility index (Phi) is 26.6. The fraction of sp³-hybridized carbons (Fsp3) is 0.444. The van der Waals surface area contributed by atoms with Gasteiger partial charge < -0.3 is 29.7 Å². The van der Waals surface area contributed by atoms with E-state index in [0.29, 0.717) is 91.6 Å². The molecule has 0 aliphatic carbocycles. The maximum absolute atomic E-state index is 12.6. The lowest BCUT2D eigenvalue weighted by Gasteiger charge is -2.22. The quantitative estimate of drug-likeness (QED) is 0.0149. The van der Waals surface area contributed by atoms with Gasteiger partial charge in [-0.25, -0.2) is 19.5 Å². The van der Waals surface area contributed by atoms with Gasteiger partial charge in [0.2, 0.25) is 11.5 Å². The van der Waals surface area contributed by atoms with Crippen molar-refractivity contribution in [1.82, 2.24) is 54.6 Å². The number of aliphatic imine (C=N–C) groups is 1. The number of nitrogens with zero attached hydrogens (tertiary/aromatic N) is 11. The van der Waals surface area contributed by atoms with Gasteiger partial charge in [0.25, 0.3) is 0 Å². The Morgan fingerprint density at radius 1 is 0.600 bits per heavy atom. The number of aromatic amines is 3. The second-order valence-electron chi connectivity index (χ2n) is 25.4. The van der Waals surface area contributed by atoms with Gasteiger partial charge >= 0.3 is 11.9 Å². The molecule has 5 aromatic heterocycles. The Balaban J connectivity index is 0.000000203. The highest BCUT2D eigenvalue weighted by molar-refractivity contribution is 6.48. The average molecular weight is 1330 g/mol. The van der Waals surface area contributed by atoms with Crippen LogP contribution in [-0.4, -0.2) is 101 Å². The van der Waals surface area contributed by atoms with Crippen LogP contribution in [0.4, 0.5) is 11.5 Å². The zero-order chi connectivity index (χ0) is 67.9. The molecule has 21 nitrogen and oxygen atoms in total. The highest BCUT2D eigenvalue weighted by atomic mass is 35.5. The van der Waals surface area contributed by atoms with E-state index >= 15 is 0 Å². The number of H-pyrrole nitrogens is 3. The van der Waals surface area contributed by atoms with Crippen LogP contribution in [0.3, 0.4) is 0 Å². The molecule has 9 aromatic rings. The first-order chi connectivity index (χ1) is 45.8. The van der Waals surface area contributed by atoms with Crippen molar-refractivity contribution in [2.24, 2.45) is 15.3 Å². The molecule has 23 heteroatoms. The number of hydrogen-bond donors (Lipinski definition) is 5. The number of benzene rings is 4. The number of ether oxygens (including phenoxy) is 2. The van der Waals surface area contributed by atoms with Gasteiger partial charge in [-0.05, 0) is 96.0 Å². The molecule has 0 saturated carbocycles. The van der Waals surface area contributed by atoms with E-state index < -0.39 is 10.8 Å². The number of imidazole rings is 2. The first kappa shape index (κ1) is 72.0. The number of nitroso groups, excluding NO2 is 1. The van der Waals surface area contributed by atoms with E-state index in [1.807, 2.05) is 95.3 Å². The molecule has 5 N–H and O–H groups in total. The van der Waals surface area contributed by atoms with Crippen LogP contribution >= 0.6 is 23.2 Å². The lowest BCUT2D eigenvalue weighted by Crippen LogP contribution is -2.29. The maximum Gasteiger partial charge on any atom is 0.305 e. The Morgan fingerprint density at radius 2 is 1.09 bits per heavy atom. The first-order valence-corrected chi connectivity index (χ1v) is 34.0. The van der Waals surface area contributed by atoms with Crippen molar-refractivity contribution in [2.45, 2.75) is 195 Å². The van der Waals surface area contributed by atoms with Gasteiger partial charge in [-0.3, -0.25) is 14.7 Å². The van der Waals surface area contributed by atoms with Crippen molar-refractivity contribution in [2.75, 3.05) is 13.2 Å². The topological polar surface area (TPSA) is 281 Å². The highest BCUT2D eigenvalue weighted by Crippen LogP contribution is 2.39. The Morgan fingerprint density at radius 3 is 1.64 bits per heavy atom. The summed E-state index contributed by atoms with van der Waals surface area (Å²) in [5.74, 6) is 3.13. The summed E-state index contributed by atoms with van der Waals surface area (Å²) in [5, 5.41) is 49.5. The molecule has 10 rings (SSSR count). The van der Waals surface area contributed by atoms with Crippen LogP contribution in [0.2, 0.25) is 10.0 Å². The van der Waals surface area contributed by atoms with E-state index in [0.717, 1.165) is 54.7 Å². The maximum atomic E-state index is 12.6. The number of unbranched alkanes of at least 4 members (excludes halogenated alkanes) is 16. The third-order valence-corrected chi connectivity index (χ3v) is 16.9. The van der Waals surface area contributed by atoms with Gasteiger partial charge in [-0.1, -0.05) is 200 Å². The number of rotatable bonds is 32. The lowest BCUT2D eigenvalue weighted by atomic mass is 9.94. The minimum absolute atomic E-state index is 0.0375. The minimum Gasteiger partial charge on any atom is -0.507 e. The summed E-state index contributed by atoms with van der Waals surface area (Å²) >= 11 is 12.2.